The zero-order valence-corrected chi connectivity index (χ0v) is 17.9. The van der Waals surface area contributed by atoms with E-state index in [2.05, 4.69) is 17.2 Å². The predicted molar refractivity (Wildman–Crippen MR) is 118 cm³/mol. The van der Waals surface area contributed by atoms with Crippen molar-refractivity contribution >= 4 is 17.5 Å². The summed E-state index contributed by atoms with van der Waals surface area (Å²) < 4.78 is 0. The van der Waals surface area contributed by atoms with Crippen LogP contribution < -0.4 is 0 Å². The summed E-state index contributed by atoms with van der Waals surface area (Å²) in [5.74, 6) is 1.23. The second-order valence-electron chi connectivity index (χ2n) is 8.99. The Bertz CT molecular complexity index is 925. The molecule has 1 saturated heterocycles. The van der Waals surface area contributed by atoms with Gasteiger partial charge in [-0.2, -0.15) is 0 Å². The van der Waals surface area contributed by atoms with Crippen LogP contribution in [-0.4, -0.2) is 41.2 Å². The number of ketones is 1. The molecule has 0 radical (unpaired) electrons. The molecule has 2 aliphatic carbocycles. The lowest BCUT2D eigenvalue weighted by atomic mass is 9.52. The van der Waals surface area contributed by atoms with Crippen LogP contribution >= 0.6 is 11.8 Å². The number of carbonyl (C=O) groups excluding carboxylic acids is 1. The summed E-state index contributed by atoms with van der Waals surface area (Å²) in [5, 5.41) is 10.2. The van der Waals surface area contributed by atoms with Gasteiger partial charge in [0.1, 0.15) is 5.75 Å². The van der Waals surface area contributed by atoms with Crippen LogP contribution in [0.3, 0.4) is 0 Å². The monoisotopic (exact) mass is 407 g/mol. The molecule has 0 unspecified atom stereocenters. The standard InChI is InChI=1S/C25H29NO2S/c1-29-20-9-6-17(7-10-20)24(28)16-26-13-12-25-11-3-2-4-21(25)23(26)14-18-5-8-19(27)15-22(18)25/h5-10,15,21,23,27H,2-4,11-14,16H2,1H3/t21-,23+,25-/m0/s1. The Kier molecular flexibility index (Phi) is 4.95. The van der Waals surface area contributed by atoms with Crippen molar-refractivity contribution in [2.24, 2.45) is 5.92 Å². The van der Waals surface area contributed by atoms with E-state index >= 15 is 0 Å². The second-order valence-corrected chi connectivity index (χ2v) is 9.87. The zero-order valence-electron chi connectivity index (χ0n) is 17.1. The number of carbonyl (C=O) groups is 1. The maximum atomic E-state index is 13.0. The molecular formula is C25H29NO2S. The number of benzene rings is 2. The average Bonchev–Trinajstić information content (AvgIpc) is 2.76. The van der Waals surface area contributed by atoms with Crippen LogP contribution in [-0.2, 0) is 11.8 Å². The number of phenolic OH excluding ortho intramolecular Hbond substituents is 1. The number of hydrogen-bond donors (Lipinski definition) is 1. The highest BCUT2D eigenvalue weighted by Crippen LogP contribution is 2.56. The Morgan fingerprint density at radius 2 is 2.00 bits per heavy atom. The molecule has 3 atom stereocenters. The van der Waals surface area contributed by atoms with E-state index in [1.807, 2.05) is 36.4 Å². The van der Waals surface area contributed by atoms with E-state index in [0.29, 0.717) is 24.3 Å². The minimum atomic E-state index is 0.203. The highest BCUT2D eigenvalue weighted by molar-refractivity contribution is 7.98. The molecule has 1 heterocycles. The molecule has 2 bridgehead atoms. The number of phenols is 1. The van der Waals surface area contributed by atoms with Crippen LogP contribution in [0.5, 0.6) is 5.75 Å². The van der Waals surface area contributed by atoms with Crippen LogP contribution in [0.4, 0.5) is 0 Å². The maximum Gasteiger partial charge on any atom is 0.176 e. The van der Waals surface area contributed by atoms with Gasteiger partial charge in [0.05, 0.1) is 6.54 Å². The molecule has 2 fully saturated rings. The summed E-state index contributed by atoms with van der Waals surface area (Å²) in [4.78, 5) is 16.7. The number of nitrogens with zero attached hydrogens (tertiary/aromatic N) is 1. The van der Waals surface area contributed by atoms with Crippen molar-refractivity contribution in [3.05, 3.63) is 59.2 Å². The van der Waals surface area contributed by atoms with Crippen LogP contribution in [0, 0.1) is 5.92 Å². The van der Waals surface area contributed by atoms with Gasteiger partial charge in [-0.15, -0.1) is 11.8 Å². The summed E-state index contributed by atoms with van der Waals surface area (Å²) in [7, 11) is 0. The SMILES string of the molecule is CSc1ccc(C(=O)CN2CC[C@@]34CCCC[C@H]3[C@H]2Cc2ccc(O)cc24)cc1. The largest absolute Gasteiger partial charge is 0.508 e. The van der Waals surface area contributed by atoms with Crippen LogP contribution in [0.1, 0.15) is 53.6 Å². The summed E-state index contributed by atoms with van der Waals surface area (Å²) in [5.41, 5.74) is 3.81. The molecular weight excluding hydrogens is 378 g/mol. The van der Waals surface area contributed by atoms with E-state index in [-0.39, 0.29) is 11.2 Å². The molecule has 1 aliphatic heterocycles. The first-order valence-electron chi connectivity index (χ1n) is 10.8. The Morgan fingerprint density at radius 1 is 1.17 bits per heavy atom. The van der Waals surface area contributed by atoms with Crippen molar-refractivity contribution in [1.82, 2.24) is 4.90 Å². The summed E-state index contributed by atoms with van der Waals surface area (Å²) >= 11 is 1.70. The van der Waals surface area contributed by atoms with Crippen molar-refractivity contribution in [3.8, 4) is 5.75 Å². The normalized spacial score (nSPS) is 28.4. The summed E-state index contributed by atoms with van der Waals surface area (Å²) in [6.45, 7) is 1.49. The molecule has 3 aliphatic rings. The van der Waals surface area contributed by atoms with Crippen LogP contribution in [0.25, 0.3) is 0 Å². The number of fused-ring (bicyclic) bond motifs is 1. The lowest BCUT2D eigenvalue weighted by molar-refractivity contribution is -0.00848. The van der Waals surface area contributed by atoms with Gasteiger partial charge in [0.15, 0.2) is 5.78 Å². The first-order chi connectivity index (χ1) is 14.1. The van der Waals surface area contributed by atoms with Gasteiger partial charge in [-0.1, -0.05) is 31.0 Å². The second kappa shape index (κ2) is 7.48. The zero-order chi connectivity index (χ0) is 20.0. The number of thioether (sulfide) groups is 1. The Hall–Kier alpha value is -1.78. The van der Waals surface area contributed by atoms with E-state index < -0.39 is 0 Å². The fourth-order valence-corrected chi connectivity index (χ4v) is 6.73. The van der Waals surface area contributed by atoms with E-state index in [1.165, 1.54) is 41.7 Å². The first-order valence-corrected chi connectivity index (χ1v) is 12.1. The molecule has 3 nitrogen and oxygen atoms in total. The third kappa shape index (κ3) is 3.21. The maximum absolute atomic E-state index is 13.0. The Morgan fingerprint density at radius 3 is 2.79 bits per heavy atom. The third-order valence-electron chi connectivity index (χ3n) is 7.69. The lowest BCUT2D eigenvalue weighted by Crippen LogP contribution is -2.61. The van der Waals surface area contributed by atoms with E-state index in [0.717, 1.165) is 24.9 Å². The molecule has 4 heteroatoms. The van der Waals surface area contributed by atoms with Gasteiger partial charge in [0, 0.05) is 21.9 Å². The molecule has 2 aromatic carbocycles. The van der Waals surface area contributed by atoms with Gasteiger partial charge >= 0.3 is 0 Å². The smallest absolute Gasteiger partial charge is 0.176 e. The van der Waals surface area contributed by atoms with Gasteiger partial charge < -0.3 is 5.11 Å². The lowest BCUT2D eigenvalue weighted by Gasteiger charge is -2.59. The van der Waals surface area contributed by atoms with Gasteiger partial charge in [-0.05, 0) is 79.8 Å². The van der Waals surface area contributed by atoms with Crippen molar-refractivity contribution < 1.29 is 9.90 Å². The number of likely N-dealkylation sites (tertiary alicyclic amines) is 1. The summed E-state index contributed by atoms with van der Waals surface area (Å²) in [6.07, 6.45) is 9.19. The van der Waals surface area contributed by atoms with E-state index in [9.17, 15) is 9.90 Å². The molecule has 0 amide bonds. The van der Waals surface area contributed by atoms with Crippen LogP contribution in [0.2, 0.25) is 0 Å². The molecule has 29 heavy (non-hydrogen) atoms. The molecule has 2 aromatic rings. The van der Waals surface area contributed by atoms with Gasteiger partial charge in [0.25, 0.3) is 0 Å². The summed E-state index contributed by atoms with van der Waals surface area (Å²) in [6, 6.07) is 14.5. The fraction of sp³-hybridized carbons (Fsp3) is 0.480. The number of aromatic hydroxyl groups is 1. The molecule has 0 spiro atoms. The van der Waals surface area contributed by atoms with Gasteiger partial charge in [-0.25, -0.2) is 0 Å². The fourth-order valence-electron chi connectivity index (χ4n) is 6.32. The highest BCUT2D eigenvalue weighted by Gasteiger charge is 2.53. The van der Waals surface area contributed by atoms with Gasteiger partial charge in [0.2, 0.25) is 0 Å². The van der Waals surface area contributed by atoms with Crippen molar-refractivity contribution in [2.45, 2.75) is 54.9 Å². The number of Topliss-reactive ketones (excluding diaryl/α,β-unsaturated/α-hetero) is 1. The number of hydrogen-bond acceptors (Lipinski definition) is 4. The van der Waals surface area contributed by atoms with Gasteiger partial charge in [-0.3, -0.25) is 9.69 Å². The Labute approximate surface area is 177 Å². The quantitative estimate of drug-likeness (QED) is 0.568. The average molecular weight is 408 g/mol. The minimum Gasteiger partial charge on any atom is -0.508 e. The van der Waals surface area contributed by atoms with Crippen molar-refractivity contribution in [1.29, 1.82) is 0 Å². The first kappa shape index (κ1) is 19.2. The molecule has 1 N–H and O–H groups in total. The molecule has 152 valence electrons. The molecule has 0 aromatic heterocycles. The molecule has 5 rings (SSSR count). The Balaban J connectivity index is 1.43. The van der Waals surface area contributed by atoms with E-state index in [1.54, 1.807) is 11.8 Å². The predicted octanol–water partition coefficient (Wildman–Crippen LogP) is 5.06. The van der Waals surface area contributed by atoms with E-state index in [4.69, 9.17) is 0 Å². The third-order valence-corrected chi connectivity index (χ3v) is 8.44. The van der Waals surface area contributed by atoms with Crippen molar-refractivity contribution in [2.75, 3.05) is 19.3 Å². The molecule has 1 saturated carbocycles. The number of piperidine rings is 1. The topological polar surface area (TPSA) is 40.5 Å². The highest BCUT2D eigenvalue weighted by atomic mass is 32.2. The van der Waals surface area contributed by atoms with Crippen molar-refractivity contribution in [3.63, 3.8) is 0 Å². The van der Waals surface area contributed by atoms with Crippen LogP contribution in [0.15, 0.2) is 47.4 Å². The minimum absolute atomic E-state index is 0.203. The number of rotatable bonds is 4.